The number of rotatable bonds is 3. The Labute approximate surface area is 126 Å². The van der Waals surface area contributed by atoms with Gasteiger partial charge in [-0.25, -0.2) is 9.97 Å². The Morgan fingerprint density at radius 3 is 2.70 bits per heavy atom. The Kier molecular flexibility index (Phi) is 4.40. The van der Waals surface area contributed by atoms with Crippen molar-refractivity contribution in [3.05, 3.63) is 58.6 Å². The van der Waals surface area contributed by atoms with Crippen LogP contribution in [-0.2, 0) is 11.3 Å². The second-order valence-electron chi connectivity index (χ2n) is 4.84. The molecule has 3 rings (SSSR count). The van der Waals surface area contributed by atoms with Crippen LogP contribution in [-0.4, -0.2) is 34.6 Å². The van der Waals surface area contributed by atoms with Crippen molar-refractivity contribution in [1.29, 1.82) is 0 Å². The summed E-state index contributed by atoms with van der Waals surface area (Å²) in [5, 5.41) is 0. The Morgan fingerprint density at radius 2 is 1.95 bits per heavy atom. The molecule has 20 heavy (non-hydrogen) atoms. The van der Waals surface area contributed by atoms with Gasteiger partial charge in [-0.2, -0.15) is 0 Å². The van der Waals surface area contributed by atoms with Crippen molar-refractivity contribution in [3.63, 3.8) is 0 Å². The molecule has 1 atom stereocenters. The zero-order valence-electron chi connectivity index (χ0n) is 11.1. The van der Waals surface area contributed by atoms with E-state index in [4.69, 9.17) is 4.74 Å². The topological polar surface area (TPSA) is 38.2 Å². The summed E-state index contributed by atoms with van der Waals surface area (Å²) in [5.74, 6) is 0.756. The SMILES string of the molecule is Brc1cnc([C@H]2CN(Cc3ccccc3)CCO2)nc1. The van der Waals surface area contributed by atoms with Gasteiger partial charge < -0.3 is 4.74 Å². The normalized spacial score (nSPS) is 19.9. The maximum atomic E-state index is 5.79. The number of nitrogens with zero attached hydrogens (tertiary/aromatic N) is 3. The van der Waals surface area contributed by atoms with E-state index >= 15 is 0 Å². The number of ether oxygens (including phenoxy) is 1. The molecule has 1 aromatic carbocycles. The van der Waals surface area contributed by atoms with E-state index in [-0.39, 0.29) is 6.10 Å². The average Bonchev–Trinajstić information content (AvgIpc) is 2.49. The second-order valence-corrected chi connectivity index (χ2v) is 5.76. The summed E-state index contributed by atoms with van der Waals surface area (Å²) in [5.41, 5.74) is 1.32. The standard InChI is InChI=1S/C15H16BrN3O/c16-13-8-17-15(18-9-13)14-11-19(6-7-20-14)10-12-4-2-1-3-5-12/h1-5,8-9,14H,6-7,10-11H2/t14-/m1/s1. The van der Waals surface area contributed by atoms with Crippen LogP contribution in [0.5, 0.6) is 0 Å². The molecule has 2 aromatic rings. The summed E-state index contributed by atoms with van der Waals surface area (Å²) in [6.07, 6.45) is 3.49. The third-order valence-corrected chi connectivity index (χ3v) is 3.74. The van der Waals surface area contributed by atoms with Gasteiger partial charge in [0.1, 0.15) is 6.10 Å². The van der Waals surface area contributed by atoms with Gasteiger partial charge in [0.15, 0.2) is 5.82 Å². The largest absolute Gasteiger partial charge is 0.368 e. The fraction of sp³-hybridized carbons (Fsp3) is 0.333. The monoisotopic (exact) mass is 333 g/mol. The van der Waals surface area contributed by atoms with Crippen LogP contribution in [0.1, 0.15) is 17.5 Å². The first-order chi connectivity index (χ1) is 9.81. The Hall–Kier alpha value is -1.30. The molecule has 0 spiro atoms. The molecular formula is C15H16BrN3O. The molecule has 1 aliphatic rings. The summed E-state index contributed by atoms with van der Waals surface area (Å²) in [6, 6.07) is 10.5. The molecule has 0 N–H and O–H groups in total. The van der Waals surface area contributed by atoms with Gasteiger partial charge in [0.25, 0.3) is 0 Å². The number of benzene rings is 1. The van der Waals surface area contributed by atoms with E-state index in [0.717, 1.165) is 36.5 Å². The van der Waals surface area contributed by atoms with Crippen molar-refractivity contribution >= 4 is 15.9 Å². The smallest absolute Gasteiger partial charge is 0.158 e. The van der Waals surface area contributed by atoms with Crippen LogP contribution >= 0.6 is 15.9 Å². The maximum Gasteiger partial charge on any atom is 0.158 e. The third-order valence-electron chi connectivity index (χ3n) is 3.33. The number of hydrogen-bond donors (Lipinski definition) is 0. The number of hydrogen-bond acceptors (Lipinski definition) is 4. The highest BCUT2D eigenvalue weighted by molar-refractivity contribution is 9.10. The zero-order valence-corrected chi connectivity index (χ0v) is 12.7. The summed E-state index contributed by atoms with van der Waals surface area (Å²) >= 11 is 3.35. The van der Waals surface area contributed by atoms with Crippen molar-refractivity contribution < 1.29 is 4.74 Å². The summed E-state index contributed by atoms with van der Waals surface area (Å²) in [7, 11) is 0. The van der Waals surface area contributed by atoms with Gasteiger partial charge in [-0.05, 0) is 21.5 Å². The van der Waals surface area contributed by atoms with Crippen LogP contribution in [0.3, 0.4) is 0 Å². The molecule has 0 aliphatic carbocycles. The average molecular weight is 334 g/mol. The van der Waals surface area contributed by atoms with E-state index in [9.17, 15) is 0 Å². The van der Waals surface area contributed by atoms with Gasteiger partial charge in [-0.1, -0.05) is 30.3 Å². The van der Waals surface area contributed by atoms with Gasteiger partial charge in [-0.3, -0.25) is 4.90 Å². The molecule has 5 heteroatoms. The lowest BCUT2D eigenvalue weighted by atomic mass is 10.2. The lowest BCUT2D eigenvalue weighted by Gasteiger charge is -2.32. The van der Waals surface area contributed by atoms with E-state index in [1.165, 1.54) is 5.56 Å². The predicted molar refractivity (Wildman–Crippen MR) is 80.1 cm³/mol. The molecule has 104 valence electrons. The lowest BCUT2D eigenvalue weighted by molar-refractivity contribution is -0.0372. The van der Waals surface area contributed by atoms with Crippen molar-refractivity contribution in [1.82, 2.24) is 14.9 Å². The molecule has 1 saturated heterocycles. The molecular weight excluding hydrogens is 318 g/mol. The van der Waals surface area contributed by atoms with Crippen LogP contribution in [0.15, 0.2) is 47.2 Å². The fourth-order valence-electron chi connectivity index (χ4n) is 2.33. The van der Waals surface area contributed by atoms with Crippen LogP contribution < -0.4 is 0 Å². The Morgan fingerprint density at radius 1 is 1.20 bits per heavy atom. The first-order valence-electron chi connectivity index (χ1n) is 6.66. The van der Waals surface area contributed by atoms with Gasteiger partial charge in [0, 0.05) is 32.0 Å². The van der Waals surface area contributed by atoms with E-state index in [0.29, 0.717) is 0 Å². The van der Waals surface area contributed by atoms with Gasteiger partial charge in [0.2, 0.25) is 0 Å². The minimum absolute atomic E-state index is 0.0411. The highest BCUT2D eigenvalue weighted by Crippen LogP contribution is 2.21. The van der Waals surface area contributed by atoms with Gasteiger partial charge >= 0.3 is 0 Å². The molecule has 1 aliphatic heterocycles. The lowest BCUT2D eigenvalue weighted by Crippen LogP contribution is -2.38. The minimum Gasteiger partial charge on any atom is -0.368 e. The summed E-state index contributed by atoms with van der Waals surface area (Å²) < 4.78 is 6.68. The second kappa shape index (κ2) is 6.43. The summed E-state index contributed by atoms with van der Waals surface area (Å²) in [6.45, 7) is 3.44. The van der Waals surface area contributed by atoms with Crippen molar-refractivity contribution in [3.8, 4) is 0 Å². The molecule has 4 nitrogen and oxygen atoms in total. The number of morpholine rings is 1. The number of aromatic nitrogens is 2. The van der Waals surface area contributed by atoms with E-state index in [1.54, 1.807) is 12.4 Å². The predicted octanol–water partition coefficient (Wildman–Crippen LogP) is 2.81. The number of halogens is 1. The summed E-state index contributed by atoms with van der Waals surface area (Å²) in [4.78, 5) is 11.1. The van der Waals surface area contributed by atoms with Crippen molar-refractivity contribution in [2.75, 3.05) is 19.7 Å². The van der Waals surface area contributed by atoms with Crippen molar-refractivity contribution in [2.45, 2.75) is 12.6 Å². The van der Waals surface area contributed by atoms with E-state index in [2.05, 4.69) is 55.1 Å². The molecule has 2 heterocycles. The first kappa shape index (κ1) is 13.7. The van der Waals surface area contributed by atoms with Gasteiger partial charge in [-0.15, -0.1) is 0 Å². The minimum atomic E-state index is -0.0411. The van der Waals surface area contributed by atoms with Crippen molar-refractivity contribution in [2.24, 2.45) is 0 Å². The van der Waals surface area contributed by atoms with Crippen LogP contribution in [0.2, 0.25) is 0 Å². The molecule has 0 amide bonds. The van der Waals surface area contributed by atoms with Gasteiger partial charge in [0.05, 0.1) is 11.1 Å². The molecule has 1 aromatic heterocycles. The molecule has 1 fully saturated rings. The Bertz CT molecular complexity index is 547. The van der Waals surface area contributed by atoms with E-state index in [1.807, 2.05) is 6.07 Å². The Balaban J connectivity index is 1.66. The highest BCUT2D eigenvalue weighted by Gasteiger charge is 2.23. The quantitative estimate of drug-likeness (QED) is 0.865. The third kappa shape index (κ3) is 3.42. The molecule has 0 unspecified atom stereocenters. The van der Waals surface area contributed by atoms with Crippen LogP contribution in [0.4, 0.5) is 0 Å². The van der Waals surface area contributed by atoms with E-state index < -0.39 is 0 Å². The maximum absolute atomic E-state index is 5.79. The fourth-order valence-corrected chi connectivity index (χ4v) is 2.54. The van der Waals surface area contributed by atoms with Crippen LogP contribution in [0.25, 0.3) is 0 Å². The first-order valence-corrected chi connectivity index (χ1v) is 7.46. The molecule has 0 radical (unpaired) electrons. The van der Waals surface area contributed by atoms with Crippen LogP contribution in [0, 0.1) is 0 Å². The highest BCUT2D eigenvalue weighted by atomic mass is 79.9. The molecule has 0 saturated carbocycles. The molecule has 0 bridgehead atoms. The zero-order chi connectivity index (χ0) is 13.8.